The van der Waals surface area contributed by atoms with E-state index in [4.69, 9.17) is 0 Å². The molecule has 0 radical (unpaired) electrons. The molecule has 0 amide bonds. The van der Waals surface area contributed by atoms with E-state index in [2.05, 4.69) is 4.98 Å². The van der Waals surface area contributed by atoms with Crippen molar-refractivity contribution in [1.29, 1.82) is 0 Å². The predicted octanol–water partition coefficient (Wildman–Crippen LogP) is 1.12. The van der Waals surface area contributed by atoms with Gasteiger partial charge >= 0.3 is 5.69 Å². The van der Waals surface area contributed by atoms with E-state index < -0.39 is 5.69 Å². The summed E-state index contributed by atoms with van der Waals surface area (Å²) in [5.41, 5.74) is 3.71. The van der Waals surface area contributed by atoms with E-state index in [9.17, 15) is 14.7 Å². The molecule has 146 valence electrons. The molecule has 8 nitrogen and oxygen atoms in total. The lowest BCUT2D eigenvalue weighted by Gasteiger charge is -2.10. The number of hydrogen-bond donors (Lipinski definition) is 1. The first-order valence-corrected chi connectivity index (χ1v) is 9.19. The number of benzene rings is 1. The molecule has 0 aliphatic rings. The van der Waals surface area contributed by atoms with Gasteiger partial charge in [0.15, 0.2) is 11.2 Å². The lowest BCUT2D eigenvalue weighted by molar-refractivity contribution is 0.276. The van der Waals surface area contributed by atoms with Gasteiger partial charge in [0.05, 0.1) is 13.2 Å². The number of aryl methyl sites for hydroxylation is 3. The molecule has 1 N–H and O–H groups in total. The molecule has 3 aromatic heterocycles. The van der Waals surface area contributed by atoms with Gasteiger partial charge in [0.1, 0.15) is 0 Å². The van der Waals surface area contributed by atoms with Gasteiger partial charge in [-0.1, -0.05) is 24.3 Å². The Morgan fingerprint density at radius 3 is 2.43 bits per heavy atom. The van der Waals surface area contributed by atoms with Gasteiger partial charge < -0.3 is 9.67 Å². The third kappa shape index (κ3) is 2.45. The molecule has 0 spiro atoms. The summed E-state index contributed by atoms with van der Waals surface area (Å²) >= 11 is 0. The molecule has 4 aromatic rings. The molecule has 0 bridgehead atoms. The van der Waals surface area contributed by atoms with Gasteiger partial charge in [0, 0.05) is 25.0 Å². The maximum absolute atomic E-state index is 13.4. The molecule has 28 heavy (non-hydrogen) atoms. The van der Waals surface area contributed by atoms with Gasteiger partial charge in [-0.05, 0) is 31.9 Å². The summed E-state index contributed by atoms with van der Waals surface area (Å²) in [5.74, 6) is 0.555. The van der Waals surface area contributed by atoms with Crippen LogP contribution in [-0.4, -0.2) is 34.8 Å². The number of rotatable bonds is 4. The SMILES string of the molecule is Cc1ccccc1Cn1c(=O)c2c(nc3n(CCO)c(C)c(C)n23)n(C)c1=O. The summed E-state index contributed by atoms with van der Waals surface area (Å²) in [5, 5.41) is 9.40. The van der Waals surface area contributed by atoms with Crippen LogP contribution < -0.4 is 11.2 Å². The molecular weight excluding hydrogens is 358 g/mol. The van der Waals surface area contributed by atoms with E-state index in [-0.39, 0.29) is 18.7 Å². The lowest BCUT2D eigenvalue weighted by atomic mass is 10.1. The van der Waals surface area contributed by atoms with Crippen LogP contribution in [0.4, 0.5) is 0 Å². The Labute approximate surface area is 160 Å². The second kappa shape index (κ2) is 6.49. The first-order valence-electron chi connectivity index (χ1n) is 9.19. The minimum absolute atomic E-state index is 0.0374. The second-order valence-electron chi connectivity index (χ2n) is 7.12. The summed E-state index contributed by atoms with van der Waals surface area (Å²) in [6, 6.07) is 7.71. The first kappa shape index (κ1) is 18.2. The van der Waals surface area contributed by atoms with E-state index in [1.807, 2.05) is 49.6 Å². The zero-order chi connectivity index (χ0) is 20.2. The van der Waals surface area contributed by atoms with Gasteiger partial charge in [-0.3, -0.25) is 18.3 Å². The van der Waals surface area contributed by atoms with Gasteiger partial charge in [-0.25, -0.2) is 4.79 Å². The summed E-state index contributed by atoms with van der Waals surface area (Å²) in [4.78, 5) is 30.8. The predicted molar refractivity (Wildman–Crippen MR) is 107 cm³/mol. The molecule has 0 aliphatic heterocycles. The highest BCUT2D eigenvalue weighted by Crippen LogP contribution is 2.20. The highest BCUT2D eigenvalue weighted by Gasteiger charge is 2.22. The fourth-order valence-electron chi connectivity index (χ4n) is 3.78. The van der Waals surface area contributed by atoms with Crippen molar-refractivity contribution in [1.82, 2.24) is 23.1 Å². The minimum atomic E-state index is -0.399. The van der Waals surface area contributed by atoms with Crippen molar-refractivity contribution in [3.8, 4) is 0 Å². The monoisotopic (exact) mass is 381 g/mol. The van der Waals surface area contributed by atoms with Crippen molar-refractivity contribution in [2.24, 2.45) is 7.05 Å². The zero-order valence-corrected chi connectivity index (χ0v) is 16.4. The van der Waals surface area contributed by atoms with Gasteiger partial charge in [0.2, 0.25) is 5.78 Å². The summed E-state index contributed by atoms with van der Waals surface area (Å²) in [6.07, 6.45) is 0. The number of aliphatic hydroxyl groups is 1. The second-order valence-corrected chi connectivity index (χ2v) is 7.12. The Morgan fingerprint density at radius 2 is 1.75 bits per heavy atom. The standard InChI is InChI=1S/C20H23N5O3/c1-12-7-5-6-8-15(12)11-24-18(27)16-17(22(4)20(24)28)21-19-23(9-10-26)13(2)14(3)25(16)19/h5-8,26H,9-11H2,1-4H3. The Morgan fingerprint density at radius 1 is 1.04 bits per heavy atom. The molecule has 0 saturated heterocycles. The fraction of sp³-hybridized carbons (Fsp3) is 0.350. The average Bonchev–Trinajstić information content (AvgIpc) is 3.17. The van der Waals surface area contributed by atoms with Crippen LogP contribution in [0.25, 0.3) is 16.9 Å². The Bertz CT molecular complexity index is 1340. The van der Waals surface area contributed by atoms with Gasteiger partial charge in [-0.15, -0.1) is 0 Å². The number of aromatic nitrogens is 5. The normalized spacial score (nSPS) is 11.8. The maximum atomic E-state index is 13.4. The zero-order valence-electron chi connectivity index (χ0n) is 16.4. The van der Waals surface area contributed by atoms with Crippen molar-refractivity contribution >= 4 is 16.9 Å². The third-order valence-electron chi connectivity index (χ3n) is 5.54. The van der Waals surface area contributed by atoms with Crippen molar-refractivity contribution in [3.63, 3.8) is 0 Å². The molecule has 0 aliphatic carbocycles. The fourth-order valence-corrected chi connectivity index (χ4v) is 3.78. The number of aliphatic hydroxyl groups excluding tert-OH is 1. The van der Waals surface area contributed by atoms with Crippen LogP contribution in [0.5, 0.6) is 0 Å². The lowest BCUT2D eigenvalue weighted by Crippen LogP contribution is -2.39. The number of hydrogen-bond acceptors (Lipinski definition) is 4. The van der Waals surface area contributed by atoms with Crippen LogP contribution in [-0.2, 0) is 20.1 Å². The molecule has 0 fully saturated rings. The molecule has 8 heteroatoms. The van der Waals surface area contributed by atoms with Crippen molar-refractivity contribution < 1.29 is 5.11 Å². The molecule has 0 saturated carbocycles. The molecule has 3 heterocycles. The molecule has 4 rings (SSSR count). The highest BCUT2D eigenvalue weighted by atomic mass is 16.3. The number of imidazole rings is 2. The van der Waals surface area contributed by atoms with Crippen LogP contribution in [0.15, 0.2) is 33.9 Å². The van der Waals surface area contributed by atoms with Crippen molar-refractivity contribution in [2.45, 2.75) is 33.9 Å². The Balaban J connectivity index is 2.08. The van der Waals surface area contributed by atoms with E-state index in [1.165, 1.54) is 9.13 Å². The van der Waals surface area contributed by atoms with Crippen molar-refractivity contribution in [3.05, 3.63) is 67.6 Å². The maximum Gasteiger partial charge on any atom is 0.332 e. The average molecular weight is 381 g/mol. The van der Waals surface area contributed by atoms with E-state index in [0.29, 0.717) is 23.5 Å². The summed E-state index contributed by atoms with van der Waals surface area (Å²) in [6.45, 7) is 6.34. The topological polar surface area (TPSA) is 86.5 Å². The molecule has 0 unspecified atom stereocenters. The summed E-state index contributed by atoms with van der Waals surface area (Å²) in [7, 11) is 1.63. The van der Waals surface area contributed by atoms with E-state index >= 15 is 0 Å². The van der Waals surface area contributed by atoms with Crippen LogP contribution >= 0.6 is 0 Å². The van der Waals surface area contributed by atoms with Crippen molar-refractivity contribution in [2.75, 3.05) is 6.61 Å². The highest BCUT2D eigenvalue weighted by molar-refractivity contribution is 5.76. The summed E-state index contributed by atoms with van der Waals surface area (Å²) < 4.78 is 6.33. The third-order valence-corrected chi connectivity index (χ3v) is 5.54. The van der Waals surface area contributed by atoms with Crippen LogP contribution in [0.3, 0.4) is 0 Å². The Kier molecular flexibility index (Phi) is 4.23. The first-order chi connectivity index (χ1) is 13.4. The van der Waals surface area contributed by atoms with E-state index in [1.54, 1.807) is 11.4 Å². The largest absolute Gasteiger partial charge is 0.395 e. The number of nitrogens with zero attached hydrogens (tertiary/aromatic N) is 5. The Hall–Kier alpha value is -3.13. The van der Waals surface area contributed by atoms with Crippen LogP contribution in [0.2, 0.25) is 0 Å². The molecule has 1 aromatic carbocycles. The number of fused-ring (bicyclic) bond motifs is 3. The molecule has 0 atom stereocenters. The van der Waals surface area contributed by atoms with Crippen LogP contribution in [0, 0.1) is 20.8 Å². The molecular formula is C20H23N5O3. The minimum Gasteiger partial charge on any atom is -0.395 e. The smallest absolute Gasteiger partial charge is 0.332 e. The van der Waals surface area contributed by atoms with Gasteiger partial charge in [-0.2, -0.15) is 4.98 Å². The van der Waals surface area contributed by atoms with E-state index in [0.717, 1.165) is 22.5 Å². The van der Waals surface area contributed by atoms with Crippen LogP contribution in [0.1, 0.15) is 22.5 Å². The van der Waals surface area contributed by atoms with Gasteiger partial charge in [0.25, 0.3) is 5.56 Å². The quantitative estimate of drug-likeness (QED) is 0.574.